The first-order valence-electron chi connectivity index (χ1n) is 10.9. The molecule has 1 aliphatic rings. The SMILES string of the molecule is O=Cc1c[nH]c2ccc(C#CCCNC(=O)OCC3c4ccccc4-c4ccccc43)cc12. The summed E-state index contributed by atoms with van der Waals surface area (Å²) in [6.45, 7) is 0.691. The number of ether oxygens (including phenoxy) is 1. The van der Waals surface area contributed by atoms with Crippen molar-refractivity contribution in [2.75, 3.05) is 13.2 Å². The van der Waals surface area contributed by atoms with E-state index in [4.69, 9.17) is 4.74 Å². The van der Waals surface area contributed by atoms with Gasteiger partial charge < -0.3 is 15.0 Å². The molecule has 1 aliphatic carbocycles. The Balaban J connectivity index is 1.14. The van der Waals surface area contributed by atoms with Crippen LogP contribution in [0.3, 0.4) is 0 Å². The third-order valence-corrected chi connectivity index (χ3v) is 5.94. The van der Waals surface area contributed by atoms with Gasteiger partial charge in [-0.3, -0.25) is 4.79 Å². The minimum absolute atomic E-state index is 0.0440. The maximum Gasteiger partial charge on any atom is 0.407 e. The molecule has 0 radical (unpaired) electrons. The van der Waals surface area contributed by atoms with Crippen LogP contribution in [-0.2, 0) is 4.74 Å². The van der Waals surface area contributed by atoms with Gasteiger partial charge in [0.15, 0.2) is 6.29 Å². The third kappa shape index (κ3) is 4.11. The van der Waals surface area contributed by atoms with Crippen molar-refractivity contribution in [3.63, 3.8) is 0 Å². The first-order chi connectivity index (χ1) is 16.2. The maximum absolute atomic E-state index is 12.2. The summed E-state index contributed by atoms with van der Waals surface area (Å²) in [5, 5.41) is 3.62. The second-order valence-corrected chi connectivity index (χ2v) is 7.93. The Kier molecular flexibility index (Phi) is 5.65. The summed E-state index contributed by atoms with van der Waals surface area (Å²) in [5.41, 5.74) is 7.13. The number of carbonyl (C=O) groups is 2. The Morgan fingerprint density at radius 1 is 1.03 bits per heavy atom. The van der Waals surface area contributed by atoms with Gasteiger partial charge in [-0.15, -0.1) is 0 Å². The Hall–Kier alpha value is -4.30. The molecule has 0 unspecified atom stereocenters. The average Bonchev–Trinajstić information content (AvgIpc) is 3.41. The summed E-state index contributed by atoms with van der Waals surface area (Å²) in [4.78, 5) is 26.4. The summed E-state index contributed by atoms with van der Waals surface area (Å²) in [5.74, 6) is 6.18. The van der Waals surface area contributed by atoms with Gasteiger partial charge in [0.25, 0.3) is 0 Å². The van der Waals surface area contributed by atoms with Crippen molar-refractivity contribution in [1.82, 2.24) is 10.3 Å². The Bertz CT molecular complexity index is 1360. The molecule has 2 N–H and O–H groups in total. The summed E-state index contributed by atoms with van der Waals surface area (Å²) < 4.78 is 5.53. The van der Waals surface area contributed by atoms with Crippen molar-refractivity contribution in [3.8, 4) is 23.0 Å². The molecule has 0 bridgehead atoms. The smallest absolute Gasteiger partial charge is 0.407 e. The third-order valence-electron chi connectivity index (χ3n) is 5.94. The van der Waals surface area contributed by atoms with Gasteiger partial charge >= 0.3 is 6.09 Å². The van der Waals surface area contributed by atoms with E-state index in [1.54, 1.807) is 6.20 Å². The zero-order valence-electron chi connectivity index (χ0n) is 17.9. The van der Waals surface area contributed by atoms with Crippen molar-refractivity contribution in [2.24, 2.45) is 0 Å². The molecule has 4 aromatic rings. The van der Waals surface area contributed by atoms with Gasteiger partial charge in [0.1, 0.15) is 6.61 Å². The molecule has 33 heavy (non-hydrogen) atoms. The molecule has 0 aliphatic heterocycles. The lowest BCUT2D eigenvalue weighted by Crippen LogP contribution is -2.26. The van der Waals surface area contributed by atoms with Crippen molar-refractivity contribution in [1.29, 1.82) is 0 Å². The lowest BCUT2D eigenvalue weighted by atomic mass is 9.98. The molecule has 5 rings (SSSR count). The van der Waals surface area contributed by atoms with Crippen molar-refractivity contribution >= 4 is 23.3 Å². The number of benzene rings is 3. The zero-order chi connectivity index (χ0) is 22.6. The van der Waals surface area contributed by atoms with Gasteiger partial charge in [-0.1, -0.05) is 60.4 Å². The molecule has 0 spiro atoms. The van der Waals surface area contributed by atoms with Gasteiger partial charge in [-0.2, -0.15) is 0 Å². The lowest BCUT2D eigenvalue weighted by Gasteiger charge is -2.14. The number of hydrogen-bond acceptors (Lipinski definition) is 3. The number of carbonyl (C=O) groups excluding carboxylic acids is 2. The molecule has 0 saturated heterocycles. The fourth-order valence-corrected chi connectivity index (χ4v) is 4.36. The lowest BCUT2D eigenvalue weighted by molar-refractivity contribution is 0.112. The van der Waals surface area contributed by atoms with Crippen LogP contribution in [-0.4, -0.2) is 30.5 Å². The van der Waals surface area contributed by atoms with Gasteiger partial charge in [-0.25, -0.2) is 4.79 Å². The first-order valence-corrected chi connectivity index (χ1v) is 10.9. The number of aromatic amines is 1. The van der Waals surface area contributed by atoms with Crippen LogP contribution in [0.15, 0.2) is 72.9 Å². The fourth-order valence-electron chi connectivity index (χ4n) is 4.36. The number of H-pyrrole nitrogens is 1. The topological polar surface area (TPSA) is 71.2 Å². The highest BCUT2D eigenvalue weighted by Crippen LogP contribution is 2.44. The van der Waals surface area contributed by atoms with Crippen LogP contribution >= 0.6 is 0 Å². The van der Waals surface area contributed by atoms with Crippen LogP contribution in [0.4, 0.5) is 4.79 Å². The predicted octanol–water partition coefficient (Wildman–Crippen LogP) is 5.26. The Morgan fingerprint density at radius 2 is 1.76 bits per heavy atom. The van der Waals surface area contributed by atoms with Crippen LogP contribution in [0, 0.1) is 11.8 Å². The summed E-state index contributed by atoms with van der Waals surface area (Å²) in [7, 11) is 0. The molecule has 1 aromatic heterocycles. The van der Waals surface area contributed by atoms with Crippen LogP contribution in [0.2, 0.25) is 0 Å². The monoisotopic (exact) mass is 434 g/mol. The maximum atomic E-state index is 12.2. The van der Waals surface area contributed by atoms with Crippen molar-refractivity contribution in [3.05, 3.63) is 95.2 Å². The number of aromatic nitrogens is 1. The van der Waals surface area contributed by atoms with E-state index in [0.29, 0.717) is 25.1 Å². The number of aldehydes is 1. The first kappa shape index (κ1) is 20.6. The van der Waals surface area contributed by atoms with Crippen LogP contribution in [0.25, 0.3) is 22.0 Å². The summed E-state index contributed by atoms with van der Waals surface area (Å²) in [6.07, 6.45) is 2.57. The molecule has 162 valence electrons. The van der Waals surface area contributed by atoms with Gasteiger partial charge in [-0.05, 0) is 40.5 Å². The molecule has 0 atom stereocenters. The van der Waals surface area contributed by atoms with E-state index in [9.17, 15) is 9.59 Å². The quantitative estimate of drug-likeness (QED) is 0.256. The van der Waals surface area contributed by atoms with E-state index in [2.05, 4.69) is 46.4 Å². The van der Waals surface area contributed by atoms with E-state index in [0.717, 1.165) is 22.8 Å². The van der Waals surface area contributed by atoms with Gasteiger partial charge in [0, 0.05) is 47.1 Å². The molecule has 1 heterocycles. The Morgan fingerprint density at radius 3 is 2.48 bits per heavy atom. The van der Waals surface area contributed by atoms with Crippen LogP contribution in [0.1, 0.15) is 39.4 Å². The van der Waals surface area contributed by atoms with Gasteiger partial charge in [0.05, 0.1) is 0 Å². The van der Waals surface area contributed by atoms with E-state index in [-0.39, 0.29) is 5.92 Å². The van der Waals surface area contributed by atoms with E-state index < -0.39 is 6.09 Å². The standard InChI is InChI=1S/C28H22N2O3/c31-17-20-16-30-27-13-12-19(15-25(20)27)7-5-6-14-29-28(32)33-18-26-23-10-3-1-8-21(23)22-9-2-4-11-24(22)26/h1-4,8-13,15-17,26,30H,6,14,18H2,(H,29,32). The fraction of sp³-hybridized carbons (Fsp3) is 0.143. The molecule has 1 amide bonds. The molecule has 0 saturated carbocycles. The van der Waals surface area contributed by atoms with E-state index >= 15 is 0 Å². The second kappa shape index (κ2) is 9.05. The highest BCUT2D eigenvalue weighted by Gasteiger charge is 2.28. The number of amides is 1. The predicted molar refractivity (Wildman–Crippen MR) is 128 cm³/mol. The van der Waals surface area contributed by atoms with E-state index in [1.807, 2.05) is 42.5 Å². The highest BCUT2D eigenvalue weighted by atomic mass is 16.5. The molecular weight excluding hydrogens is 412 g/mol. The van der Waals surface area contributed by atoms with E-state index in [1.165, 1.54) is 22.3 Å². The number of fused-ring (bicyclic) bond motifs is 4. The minimum Gasteiger partial charge on any atom is -0.449 e. The summed E-state index contributed by atoms with van der Waals surface area (Å²) in [6, 6.07) is 22.2. The largest absolute Gasteiger partial charge is 0.449 e. The highest BCUT2D eigenvalue weighted by molar-refractivity contribution is 5.97. The Labute approximate surface area is 191 Å². The summed E-state index contributed by atoms with van der Waals surface area (Å²) >= 11 is 0. The molecule has 5 heteroatoms. The van der Waals surface area contributed by atoms with Gasteiger partial charge in [0.2, 0.25) is 0 Å². The zero-order valence-corrected chi connectivity index (χ0v) is 17.9. The number of nitrogens with one attached hydrogen (secondary N) is 2. The van der Waals surface area contributed by atoms with Crippen molar-refractivity contribution < 1.29 is 14.3 Å². The molecule has 0 fully saturated rings. The molecule has 5 nitrogen and oxygen atoms in total. The number of alkyl carbamates (subject to hydrolysis) is 1. The average molecular weight is 434 g/mol. The minimum atomic E-state index is -0.442. The van der Waals surface area contributed by atoms with Crippen molar-refractivity contribution in [2.45, 2.75) is 12.3 Å². The molecule has 3 aromatic carbocycles. The second-order valence-electron chi connectivity index (χ2n) is 7.93. The van der Waals surface area contributed by atoms with Crippen LogP contribution in [0.5, 0.6) is 0 Å². The van der Waals surface area contributed by atoms with Crippen LogP contribution < -0.4 is 5.32 Å². The number of hydrogen-bond donors (Lipinski definition) is 2. The molecular formula is C28H22N2O3. The normalized spacial score (nSPS) is 11.9. The number of rotatable bonds is 5.